The molecule has 1 aliphatic rings. The Kier molecular flexibility index (Phi) is 5.75. The number of hydrogen-bond donors (Lipinski definition) is 0. The van der Waals surface area contributed by atoms with Gasteiger partial charge in [-0.25, -0.2) is 0 Å². The normalized spacial score (nSPS) is 18.2. The molecule has 0 heterocycles. The Hall–Kier alpha value is -1.20. The zero-order valence-electron chi connectivity index (χ0n) is 13.9. The first-order valence-corrected chi connectivity index (χ1v) is 8.04. The van der Waals surface area contributed by atoms with Crippen molar-refractivity contribution in [3.05, 3.63) is 47.5 Å². The summed E-state index contributed by atoms with van der Waals surface area (Å²) in [5, 5.41) is 0. The molecule has 0 bridgehead atoms. The maximum atomic E-state index is 5.97. The van der Waals surface area contributed by atoms with Crippen LogP contribution in [0.1, 0.15) is 38.8 Å². The molecule has 0 fully saturated rings. The Morgan fingerprint density at radius 2 is 0.955 bits per heavy atom. The van der Waals surface area contributed by atoms with E-state index in [0.717, 1.165) is 11.1 Å². The third-order valence-corrected chi connectivity index (χ3v) is 3.64. The minimum Gasteiger partial charge on any atom is -0.343 e. The Morgan fingerprint density at radius 1 is 0.636 bits per heavy atom. The fourth-order valence-electron chi connectivity index (χ4n) is 2.93. The topological polar surface area (TPSA) is 36.9 Å². The SMILES string of the molecule is CCOC1(OCC)C=CC(OCC)(OCC)c2ccccc21. The van der Waals surface area contributed by atoms with Crippen molar-refractivity contribution in [3.63, 3.8) is 0 Å². The standard InChI is InChI=1S/C18H26O4/c1-5-19-17(20-6-2)13-14-18(21-7-3,22-8-4)16-12-10-9-11-15(16)17/h9-14H,5-8H2,1-4H3. The fourth-order valence-corrected chi connectivity index (χ4v) is 2.93. The van der Waals surface area contributed by atoms with Crippen LogP contribution in [0.4, 0.5) is 0 Å². The molecule has 0 unspecified atom stereocenters. The highest BCUT2D eigenvalue weighted by molar-refractivity contribution is 5.43. The second-order valence-corrected chi connectivity index (χ2v) is 4.95. The summed E-state index contributed by atoms with van der Waals surface area (Å²) in [6.45, 7) is 10.1. The zero-order valence-corrected chi connectivity index (χ0v) is 13.9. The number of hydrogen-bond acceptors (Lipinski definition) is 4. The van der Waals surface area contributed by atoms with E-state index in [-0.39, 0.29) is 0 Å². The van der Waals surface area contributed by atoms with E-state index in [4.69, 9.17) is 18.9 Å². The molecule has 4 heteroatoms. The molecule has 0 saturated heterocycles. The van der Waals surface area contributed by atoms with E-state index in [2.05, 4.69) is 0 Å². The monoisotopic (exact) mass is 306 g/mol. The van der Waals surface area contributed by atoms with Crippen molar-refractivity contribution in [2.24, 2.45) is 0 Å². The van der Waals surface area contributed by atoms with Crippen LogP contribution in [-0.2, 0) is 30.5 Å². The van der Waals surface area contributed by atoms with Gasteiger partial charge >= 0.3 is 0 Å². The lowest BCUT2D eigenvalue weighted by Gasteiger charge is -2.42. The van der Waals surface area contributed by atoms with Crippen LogP contribution in [0.15, 0.2) is 36.4 Å². The summed E-state index contributed by atoms with van der Waals surface area (Å²) in [6.07, 6.45) is 3.82. The number of rotatable bonds is 8. The van der Waals surface area contributed by atoms with Gasteiger partial charge in [-0.15, -0.1) is 0 Å². The van der Waals surface area contributed by atoms with Gasteiger partial charge in [0.1, 0.15) is 0 Å². The summed E-state index contributed by atoms with van der Waals surface area (Å²) in [5.41, 5.74) is 1.87. The lowest BCUT2D eigenvalue weighted by molar-refractivity contribution is -0.238. The number of benzene rings is 1. The van der Waals surface area contributed by atoms with Crippen molar-refractivity contribution < 1.29 is 18.9 Å². The summed E-state index contributed by atoms with van der Waals surface area (Å²) in [7, 11) is 0. The maximum Gasteiger partial charge on any atom is 0.215 e. The molecule has 1 aromatic carbocycles. The van der Waals surface area contributed by atoms with E-state index < -0.39 is 11.6 Å². The second kappa shape index (κ2) is 7.38. The highest BCUT2D eigenvalue weighted by Crippen LogP contribution is 2.44. The Morgan fingerprint density at radius 3 is 1.23 bits per heavy atom. The third kappa shape index (κ3) is 2.97. The molecule has 0 amide bonds. The van der Waals surface area contributed by atoms with Crippen LogP contribution in [0.5, 0.6) is 0 Å². The Balaban J connectivity index is 2.58. The predicted molar refractivity (Wildman–Crippen MR) is 85.4 cm³/mol. The lowest BCUT2D eigenvalue weighted by Crippen LogP contribution is -2.42. The van der Waals surface area contributed by atoms with E-state index >= 15 is 0 Å². The quantitative estimate of drug-likeness (QED) is 0.542. The molecule has 22 heavy (non-hydrogen) atoms. The molecule has 0 aromatic heterocycles. The maximum absolute atomic E-state index is 5.97. The summed E-state index contributed by atoms with van der Waals surface area (Å²) >= 11 is 0. The smallest absolute Gasteiger partial charge is 0.215 e. The molecule has 2 rings (SSSR count). The van der Waals surface area contributed by atoms with Crippen molar-refractivity contribution in [2.45, 2.75) is 39.3 Å². The molecule has 0 saturated carbocycles. The molecule has 1 aliphatic carbocycles. The minimum absolute atomic E-state index is 0.551. The van der Waals surface area contributed by atoms with Crippen LogP contribution in [0, 0.1) is 0 Å². The van der Waals surface area contributed by atoms with Crippen LogP contribution in [0.25, 0.3) is 0 Å². The van der Waals surface area contributed by atoms with Gasteiger partial charge in [0.15, 0.2) is 0 Å². The predicted octanol–water partition coefficient (Wildman–Crippen LogP) is 3.71. The summed E-state index contributed by atoms with van der Waals surface area (Å²) < 4.78 is 23.9. The number of fused-ring (bicyclic) bond motifs is 1. The van der Waals surface area contributed by atoms with Crippen LogP contribution >= 0.6 is 0 Å². The van der Waals surface area contributed by atoms with Crippen LogP contribution in [-0.4, -0.2) is 26.4 Å². The molecule has 122 valence electrons. The van der Waals surface area contributed by atoms with E-state index in [1.54, 1.807) is 0 Å². The average Bonchev–Trinajstić information content (AvgIpc) is 2.53. The third-order valence-electron chi connectivity index (χ3n) is 3.64. The van der Waals surface area contributed by atoms with Gasteiger partial charge in [-0.1, -0.05) is 24.3 Å². The molecular weight excluding hydrogens is 280 g/mol. The first-order valence-electron chi connectivity index (χ1n) is 8.04. The Bertz CT molecular complexity index is 453. The highest BCUT2D eigenvalue weighted by Gasteiger charge is 2.45. The first-order chi connectivity index (χ1) is 10.7. The van der Waals surface area contributed by atoms with E-state index in [1.165, 1.54) is 0 Å². The fraction of sp³-hybridized carbons (Fsp3) is 0.556. The van der Waals surface area contributed by atoms with Gasteiger partial charge in [-0.3, -0.25) is 0 Å². The molecule has 0 aliphatic heterocycles. The molecule has 0 atom stereocenters. The van der Waals surface area contributed by atoms with Crippen LogP contribution < -0.4 is 0 Å². The van der Waals surface area contributed by atoms with E-state index in [1.807, 2.05) is 64.1 Å². The van der Waals surface area contributed by atoms with Gasteiger partial charge in [0.05, 0.1) is 0 Å². The van der Waals surface area contributed by atoms with Crippen molar-refractivity contribution in [3.8, 4) is 0 Å². The zero-order chi connectivity index (χ0) is 16.1. The minimum atomic E-state index is -0.877. The van der Waals surface area contributed by atoms with Gasteiger partial charge in [0.25, 0.3) is 0 Å². The van der Waals surface area contributed by atoms with Gasteiger partial charge in [-0.2, -0.15) is 0 Å². The number of ether oxygens (including phenoxy) is 4. The molecule has 1 aromatic rings. The van der Waals surface area contributed by atoms with Crippen molar-refractivity contribution in [2.75, 3.05) is 26.4 Å². The molecule has 4 nitrogen and oxygen atoms in total. The van der Waals surface area contributed by atoms with Crippen LogP contribution in [0.2, 0.25) is 0 Å². The highest BCUT2D eigenvalue weighted by atomic mass is 16.7. The summed E-state index contributed by atoms with van der Waals surface area (Å²) in [4.78, 5) is 0. The first kappa shape index (κ1) is 17.2. The van der Waals surface area contributed by atoms with Gasteiger partial charge in [-0.05, 0) is 39.8 Å². The lowest BCUT2D eigenvalue weighted by atomic mass is 9.87. The molecule has 0 radical (unpaired) electrons. The van der Waals surface area contributed by atoms with Gasteiger partial charge < -0.3 is 18.9 Å². The largest absolute Gasteiger partial charge is 0.343 e. The Labute approximate surface area is 133 Å². The van der Waals surface area contributed by atoms with E-state index in [9.17, 15) is 0 Å². The van der Waals surface area contributed by atoms with Crippen molar-refractivity contribution in [1.29, 1.82) is 0 Å². The van der Waals surface area contributed by atoms with Gasteiger partial charge in [0, 0.05) is 37.6 Å². The summed E-state index contributed by atoms with van der Waals surface area (Å²) in [6, 6.07) is 7.98. The molecule has 0 N–H and O–H groups in total. The van der Waals surface area contributed by atoms with Crippen molar-refractivity contribution >= 4 is 0 Å². The summed E-state index contributed by atoms with van der Waals surface area (Å²) in [5.74, 6) is -1.75. The molecular formula is C18H26O4. The van der Waals surface area contributed by atoms with Gasteiger partial charge in [0.2, 0.25) is 11.6 Å². The molecule has 0 spiro atoms. The van der Waals surface area contributed by atoms with Crippen LogP contribution in [0.3, 0.4) is 0 Å². The second-order valence-electron chi connectivity index (χ2n) is 4.95. The average molecular weight is 306 g/mol. The van der Waals surface area contributed by atoms with E-state index in [0.29, 0.717) is 26.4 Å². The van der Waals surface area contributed by atoms with Crippen molar-refractivity contribution in [1.82, 2.24) is 0 Å².